The Labute approximate surface area is 122 Å². The summed E-state index contributed by atoms with van der Waals surface area (Å²) in [7, 11) is 0. The first-order valence-corrected chi connectivity index (χ1v) is 6.89. The van der Waals surface area contributed by atoms with Gasteiger partial charge in [0.1, 0.15) is 0 Å². The molecule has 2 aromatic rings. The smallest absolute Gasteiger partial charge is 0.178 e. The van der Waals surface area contributed by atoms with Crippen molar-refractivity contribution in [1.82, 2.24) is 0 Å². The van der Waals surface area contributed by atoms with E-state index >= 15 is 0 Å². The van der Waals surface area contributed by atoms with Crippen molar-refractivity contribution in [1.29, 1.82) is 0 Å². The molecule has 0 atom stereocenters. The highest BCUT2D eigenvalue weighted by molar-refractivity contribution is 9.11. The molecular formula is C14H9Br2O2. The highest BCUT2D eigenvalue weighted by Gasteiger charge is 2.09. The molecule has 18 heavy (non-hydrogen) atoms. The molecule has 0 aliphatic heterocycles. The fraction of sp³-hybridized carbons (Fsp3) is 0.0714. The summed E-state index contributed by atoms with van der Waals surface area (Å²) in [5, 5.41) is 11.0. The summed E-state index contributed by atoms with van der Waals surface area (Å²) >= 11 is 6.79. The van der Waals surface area contributed by atoms with E-state index in [4.69, 9.17) is 0 Å². The van der Waals surface area contributed by atoms with Crippen molar-refractivity contribution in [2.24, 2.45) is 0 Å². The maximum atomic E-state index is 12.0. The quantitative estimate of drug-likeness (QED) is 0.718. The van der Waals surface area contributed by atoms with Gasteiger partial charge in [0.05, 0.1) is 0 Å². The average Bonchev–Trinajstić information content (AvgIpc) is 2.33. The van der Waals surface area contributed by atoms with Gasteiger partial charge in [0, 0.05) is 20.9 Å². The highest BCUT2D eigenvalue weighted by atomic mass is 79.9. The minimum absolute atomic E-state index is 0.00183. The van der Waals surface area contributed by atoms with E-state index in [1.807, 2.05) is 18.2 Å². The predicted molar refractivity (Wildman–Crippen MR) is 76.5 cm³/mol. The molecule has 0 heterocycles. The SMILES string of the molecule is [O]c1ccc(C(=O)Cc2ccc(Br)cc2Br)cc1. The van der Waals surface area contributed by atoms with Crippen LogP contribution in [-0.4, -0.2) is 5.78 Å². The average molecular weight is 369 g/mol. The Bertz CT molecular complexity index is 577. The summed E-state index contributed by atoms with van der Waals surface area (Å²) in [5.74, 6) is -0.0885. The molecule has 91 valence electrons. The van der Waals surface area contributed by atoms with Crippen LogP contribution in [0.1, 0.15) is 15.9 Å². The molecule has 0 bridgehead atoms. The third-order valence-corrected chi connectivity index (χ3v) is 3.77. The van der Waals surface area contributed by atoms with Gasteiger partial charge in [-0.1, -0.05) is 37.9 Å². The molecule has 0 N–H and O–H groups in total. The molecular weight excluding hydrogens is 360 g/mol. The zero-order chi connectivity index (χ0) is 13.1. The van der Waals surface area contributed by atoms with Crippen molar-refractivity contribution in [3.63, 3.8) is 0 Å². The first-order chi connectivity index (χ1) is 8.56. The molecule has 0 spiro atoms. The number of halogens is 2. The Morgan fingerprint density at radius 1 is 1.00 bits per heavy atom. The summed E-state index contributed by atoms with van der Waals surface area (Å²) < 4.78 is 1.85. The van der Waals surface area contributed by atoms with E-state index in [1.54, 1.807) is 12.1 Å². The van der Waals surface area contributed by atoms with E-state index in [2.05, 4.69) is 31.9 Å². The predicted octanol–water partition coefficient (Wildman–Crippen LogP) is 4.78. The maximum Gasteiger partial charge on any atom is 0.178 e. The molecule has 0 saturated carbocycles. The first-order valence-electron chi connectivity index (χ1n) is 5.30. The Morgan fingerprint density at radius 2 is 1.67 bits per heavy atom. The number of ketones is 1. The van der Waals surface area contributed by atoms with Crippen LogP contribution in [0.3, 0.4) is 0 Å². The first kappa shape index (κ1) is 13.3. The largest absolute Gasteiger partial charge is 0.294 e. The number of Topliss-reactive ketones (excluding diaryl/α,β-unsaturated/α-hetero) is 1. The lowest BCUT2D eigenvalue weighted by atomic mass is 10.0. The van der Waals surface area contributed by atoms with Crippen LogP contribution in [0.25, 0.3) is 0 Å². The van der Waals surface area contributed by atoms with Crippen LogP contribution in [0.5, 0.6) is 5.75 Å². The molecule has 2 aromatic carbocycles. The van der Waals surface area contributed by atoms with Crippen molar-refractivity contribution >= 4 is 37.6 Å². The molecule has 0 fully saturated rings. The lowest BCUT2D eigenvalue weighted by molar-refractivity contribution is 0.0993. The summed E-state index contributed by atoms with van der Waals surface area (Å²) in [4.78, 5) is 12.0. The zero-order valence-electron chi connectivity index (χ0n) is 9.32. The number of hydrogen-bond donors (Lipinski definition) is 0. The van der Waals surface area contributed by atoms with Gasteiger partial charge >= 0.3 is 0 Å². The number of carbonyl (C=O) groups excluding carboxylic acids is 1. The normalized spacial score (nSPS) is 10.3. The van der Waals surface area contributed by atoms with Crippen LogP contribution in [0, 0.1) is 0 Å². The van der Waals surface area contributed by atoms with Gasteiger partial charge in [-0.25, -0.2) is 0 Å². The van der Waals surface area contributed by atoms with Crippen LogP contribution in [0.15, 0.2) is 51.4 Å². The van der Waals surface area contributed by atoms with Gasteiger partial charge in [0.25, 0.3) is 0 Å². The van der Waals surface area contributed by atoms with Crippen LogP contribution in [0.2, 0.25) is 0 Å². The molecule has 0 aliphatic rings. The molecule has 0 aromatic heterocycles. The Balaban J connectivity index is 2.18. The fourth-order valence-corrected chi connectivity index (χ4v) is 2.77. The summed E-state index contributed by atoms with van der Waals surface area (Å²) in [6, 6.07) is 11.6. The standard InChI is InChI=1S/C14H9Br2O2/c15-11-4-1-10(13(16)8-11)7-14(18)9-2-5-12(17)6-3-9/h1-6,8H,7H2. The zero-order valence-corrected chi connectivity index (χ0v) is 12.5. The van der Waals surface area contributed by atoms with Crippen LogP contribution >= 0.6 is 31.9 Å². The minimum Gasteiger partial charge on any atom is -0.294 e. The van der Waals surface area contributed by atoms with Gasteiger partial charge < -0.3 is 0 Å². The molecule has 1 radical (unpaired) electrons. The second-order valence-corrected chi connectivity index (χ2v) is 5.63. The third-order valence-electron chi connectivity index (χ3n) is 2.54. The topological polar surface area (TPSA) is 37.0 Å². The molecule has 0 unspecified atom stereocenters. The summed E-state index contributed by atoms with van der Waals surface area (Å²) in [6.07, 6.45) is 0.312. The van der Waals surface area contributed by atoms with Gasteiger partial charge in [0.15, 0.2) is 11.5 Å². The Kier molecular flexibility index (Phi) is 4.19. The number of hydrogen-bond acceptors (Lipinski definition) is 1. The molecule has 0 amide bonds. The lowest BCUT2D eigenvalue weighted by Crippen LogP contribution is -2.03. The summed E-state index contributed by atoms with van der Waals surface area (Å²) in [5.41, 5.74) is 1.49. The van der Waals surface area contributed by atoms with E-state index in [0.29, 0.717) is 12.0 Å². The van der Waals surface area contributed by atoms with E-state index in [9.17, 15) is 9.90 Å². The molecule has 2 nitrogen and oxygen atoms in total. The van der Waals surface area contributed by atoms with Crippen molar-refractivity contribution in [3.05, 3.63) is 62.5 Å². The van der Waals surface area contributed by atoms with Crippen molar-refractivity contribution in [2.75, 3.05) is 0 Å². The lowest BCUT2D eigenvalue weighted by Gasteiger charge is -2.04. The van der Waals surface area contributed by atoms with E-state index in [1.165, 1.54) is 12.1 Å². The van der Waals surface area contributed by atoms with E-state index in [0.717, 1.165) is 14.5 Å². The van der Waals surface area contributed by atoms with Gasteiger partial charge in [-0.3, -0.25) is 9.90 Å². The van der Waals surface area contributed by atoms with Crippen LogP contribution in [0.4, 0.5) is 0 Å². The van der Waals surface area contributed by atoms with E-state index < -0.39 is 0 Å². The second kappa shape index (κ2) is 5.67. The number of carbonyl (C=O) groups is 1. The molecule has 0 saturated heterocycles. The van der Waals surface area contributed by atoms with E-state index in [-0.39, 0.29) is 11.5 Å². The second-order valence-electron chi connectivity index (χ2n) is 3.86. The van der Waals surface area contributed by atoms with Crippen molar-refractivity contribution < 1.29 is 9.90 Å². The Hall–Kier alpha value is -1.13. The van der Waals surface area contributed by atoms with Crippen LogP contribution in [-0.2, 0) is 11.5 Å². The Morgan fingerprint density at radius 3 is 2.28 bits per heavy atom. The van der Waals surface area contributed by atoms with Crippen molar-refractivity contribution in [2.45, 2.75) is 6.42 Å². The number of rotatable bonds is 3. The third kappa shape index (κ3) is 3.21. The van der Waals surface area contributed by atoms with Gasteiger partial charge in [0.2, 0.25) is 0 Å². The van der Waals surface area contributed by atoms with Gasteiger partial charge in [-0.2, -0.15) is 0 Å². The highest BCUT2D eigenvalue weighted by Crippen LogP contribution is 2.23. The maximum absolute atomic E-state index is 12.0. The van der Waals surface area contributed by atoms with Crippen molar-refractivity contribution in [3.8, 4) is 5.75 Å². The monoisotopic (exact) mass is 367 g/mol. The molecule has 4 heteroatoms. The summed E-state index contributed by atoms with van der Waals surface area (Å²) in [6.45, 7) is 0. The van der Waals surface area contributed by atoms with Crippen LogP contribution < -0.4 is 0 Å². The molecule has 2 rings (SSSR count). The van der Waals surface area contributed by atoms with Gasteiger partial charge in [-0.05, 0) is 42.0 Å². The fourth-order valence-electron chi connectivity index (χ4n) is 1.58. The molecule has 0 aliphatic carbocycles. The minimum atomic E-state index is -0.0867. The van der Waals surface area contributed by atoms with Gasteiger partial charge in [-0.15, -0.1) is 0 Å². The number of benzene rings is 2.